The number of anilines is 1. The minimum atomic E-state index is -0.155. The van der Waals surface area contributed by atoms with E-state index in [9.17, 15) is 4.39 Å². The number of nitrogens with zero attached hydrogens (tertiary/aromatic N) is 1. The van der Waals surface area contributed by atoms with Crippen molar-refractivity contribution >= 4 is 5.69 Å². The Morgan fingerprint density at radius 2 is 1.84 bits per heavy atom. The Morgan fingerprint density at radius 3 is 2.53 bits per heavy atom. The highest BCUT2D eigenvalue weighted by Gasteiger charge is 2.06. The zero-order valence-electron chi connectivity index (χ0n) is 11.4. The molecule has 0 heterocycles. The Balaban J connectivity index is 2.03. The van der Waals surface area contributed by atoms with E-state index in [-0.39, 0.29) is 5.82 Å². The molecule has 0 aliphatic rings. The van der Waals surface area contributed by atoms with Gasteiger partial charge in [-0.05, 0) is 37.2 Å². The van der Waals surface area contributed by atoms with E-state index in [4.69, 9.17) is 5.73 Å². The number of nitrogens with two attached hydrogens (primary N) is 1. The second-order valence-corrected chi connectivity index (χ2v) is 4.95. The molecule has 0 bridgehead atoms. The van der Waals surface area contributed by atoms with Crippen molar-refractivity contribution < 1.29 is 4.39 Å². The van der Waals surface area contributed by atoms with E-state index in [2.05, 4.69) is 11.0 Å². The molecule has 0 aromatic heterocycles. The third-order valence-electron chi connectivity index (χ3n) is 3.19. The van der Waals surface area contributed by atoms with Crippen LogP contribution in [0.2, 0.25) is 0 Å². The molecule has 0 atom stereocenters. The summed E-state index contributed by atoms with van der Waals surface area (Å²) >= 11 is 0. The van der Waals surface area contributed by atoms with E-state index in [0.717, 1.165) is 23.4 Å². The molecule has 100 valence electrons. The van der Waals surface area contributed by atoms with Crippen LogP contribution >= 0.6 is 0 Å². The highest BCUT2D eigenvalue weighted by molar-refractivity contribution is 5.48. The van der Waals surface area contributed by atoms with Crippen LogP contribution in [0.25, 0.3) is 0 Å². The zero-order chi connectivity index (χ0) is 13.8. The van der Waals surface area contributed by atoms with Gasteiger partial charge in [0.1, 0.15) is 5.82 Å². The number of rotatable bonds is 4. The second kappa shape index (κ2) is 5.85. The number of hydrogen-bond donors (Lipinski definition) is 1. The number of halogens is 1. The number of nitrogen functional groups attached to an aromatic ring is 1. The quantitative estimate of drug-likeness (QED) is 0.852. The molecule has 2 rings (SSSR count). The molecule has 0 radical (unpaired) electrons. The maximum atomic E-state index is 13.6. The molecule has 0 aliphatic heterocycles. The molecule has 3 heteroatoms. The molecule has 0 saturated heterocycles. The Morgan fingerprint density at radius 1 is 1.11 bits per heavy atom. The van der Waals surface area contributed by atoms with Crippen LogP contribution in [0.15, 0.2) is 42.5 Å². The number of hydrogen-bond acceptors (Lipinski definition) is 2. The average Bonchev–Trinajstić information content (AvgIpc) is 2.37. The van der Waals surface area contributed by atoms with Crippen LogP contribution in [0.3, 0.4) is 0 Å². The van der Waals surface area contributed by atoms with Crippen LogP contribution in [-0.2, 0) is 13.1 Å². The highest BCUT2D eigenvalue weighted by atomic mass is 19.1. The monoisotopic (exact) mass is 258 g/mol. The lowest BCUT2D eigenvalue weighted by molar-refractivity contribution is 0.313. The summed E-state index contributed by atoms with van der Waals surface area (Å²) in [4.78, 5) is 2.07. The fourth-order valence-corrected chi connectivity index (χ4v) is 2.07. The fraction of sp³-hybridized carbons (Fsp3) is 0.250. The maximum Gasteiger partial charge on any atom is 0.127 e. The van der Waals surface area contributed by atoms with E-state index in [1.54, 1.807) is 6.07 Å². The Hall–Kier alpha value is -1.87. The van der Waals surface area contributed by atoms with Gasteiger partial charge in [-0.1, -0.05) is 30.3 Å². The van der Waals surface area contributed by atoms with Crippen molar-refractivity contribution in [2.45, 2.75) is 20.0 Å². The lowest BCUT2D eigenvalue weighted by Crippen LogP contribution is -2.18. The van der Waals surface area contributed by atoms with Gasteiger partial charge in [0.15, 0.2) is 0 Å². The summed E-state index contributed by atoms with van der Waals surface area (Å²) in [5.41, 5.74) is 9.63. The summed E-state index contributed by atoms with van der Waals surface area (Å²) in [5, 5.41) is 0. The van der Waals surface area contributed by atoms with Crippen LogP contribution in [0.1, 0.15) is 16.7 Å². The van der Waals surface area contributed by atoms with Crippen molar-refractivity contribution in [3.63, 3.8) is 0 Å². The lowest BCUT2D eigenvalue weighted by atomic mass is 10.1. The third kappa shape index (κ3) is 3.55. The molecule has 0 spiro atoms. The van der Waals surface area contributed by atoms with E-state index in [1.165, 1.54) is 6.07 Å². The van der Waals surface area contributed by atoms with E-state index in [1.807, 2.05) is 38.2 Å². The van der Waals surface area contributed by atoms with Gasteiger partial charge in [0, 0.05) is 24.3 Å². The lowest BCUT2D eigenvalue weighted by Gasteiger charge is -2.17. The first kappa shape index (κ1) is 13.6. The van der Waals surface area contributed by atoms with Gasteiger partial charge in [-0.15, -0.1) is 0 Å². The minimum Gasteiger partial charge on any atom is -0.399 e. The Kier molecular flexibility index (Phi) is 4.17. The number of benzene rings is 2. The fourth-order valence-electron chi connectivity index (χ4n) is 2.07. The van der Waals surface area contributed by atoms with Crippen molar-refractivity contribution in [3.05, 3.63) is 65.0 Å². The Bertz CT molecular complexity index is 566. The van der Waals surface area contributed by atoms with Gasteiger partial charge in [0.25, 0.3) is 0 Å². The summed E-state index contributed by atoms with van der Waals surface area (Å²) in [6, 6.07) is 12.9. The molecule has 0 fully saturated rings. The van der Waals surface area contributed by atoms with Crippen molar-refractivity contribution in [2.24, 2.45) is 0 Å². The van der Waals surface area contributed by atoms with Crippen molar-refractivity contribution in [1.82, 2.24) is 4.90 Å². The zero-order valence-corrected chi connectivity index (χ0v) is 11.4. The second-order valence-electron chi connectivity index (χ2n) is 4.95. The van der Waals surface area contributed by atoms with Crippen molar-refractivity contribution in [1.29, 1.82) is 0 Å². The van der Waals surface area contributed by atoms with E-state index < -0.39 is 0 Å². The number of aryl methyl sites for hydroxylation is 1. The molecular weight excluding hydrogens is 239 g/mol. The summed E-state index contributed by atoms with van der Waals surface area (Å²) in [7, 11) is 1.97. The summed E-state index contributed by atoms with van der Waals surface area (Å²) in [6.45, 7) is 3.32. The average molecular weight is 258 g/mol. The van der Waals surface area contributed by atoms with Gasteiger partial charge < -0.3 is 5.73 Å². The van der Waals surface area contributed by atoms with Gasteiger partial charge in [-0.25, -0.2) is 4.39 Å². The standard InChI is InChI=1S/C16H19FN2/c1-12-7-8-13(9-16(12)18)10-19(2)11-14-5-3-4-6-15(14)17/h3-9H,10-11,18H2,1-2H3. The molecule has 19 heavy (non-hydrogen) atoms. The van der Waals surface area contributed by atoms with Gasteiger partial charge in [0.05, 0.1) is 0 Å². The first-order chi connectivity index (χ1) is 9.06. The molecule has 2 nitrogen and oxygen atoms in total. The molecule has 2 aromatic carbocycles. The minimum absolute atomic E-state index is 0.155. The summed E-state index contributed by atoms with van der Waals surface area (Å²) in [6.07, 6.45) is 0. The van der Waals surface area contributed by atoms with E-state index >= 15 is 0 Å². The molecule has 2 N–H and O–H groups in total. The first-order valence-electron chi connectivity index (χ1n) is 6.33. The Labute approximate surface area is 113 Å². The maximum absolute atomic E-state index is 13.6. The van der Waals surface area contributed by atoms with E-state index in [0.29, 0.717) is 12.1 Å². The van der Waals surface area contributed by atoms with Gasteiger partial charge in [-0.3, -0.25) is 4.90 Å². The van der Waals surface area contributed by atoms with Gasteiger partial charge >= 0.3 is 0 Å². The largest absolute Gasteiger partial charge is 0.399 e. The molecule has 0 unspecified atom stereocenters. The van der Waals surface area contributed by atoms with Crippen LogP contribution in [0.4, 0.5) is 10.1 Å². The first-order valence-corrected chi connectivity index (χ1v) is 6.33. The van der Waals surface area contributed by atoms with Crippen LogP contribution < -0.4 is 5.73 Å². The topological polar surface area (TPSA) is 29.3 Å². The molecule has 2 aromatic rings. The molecule has 0 amide bonds. The SMILES string of the molecule is Cc1ccc(CN(C)Cc2ccccc2F)cc1N. The summed E-state index contributed by atoms with van der Waals surface area (Å²) < 4.78 is 13.6. The van der Waals surface area contributed by atoms with Gasteiger partial charge in [0.2, 0.25) is 0 Å². The van der Waals surface area contributed by atoms with Gasteiger partial charge in [-0.2, -0.15) is 0 Å². The van der Waals surface area contributed by atoms with Crippen LogP contribution in [0.5, 0.6) is 0 Å². The summed E-state index contributed by atoms with van der Waals surface area (Å²) in [5.74, 6) is -0.155. The third-order valence-corrected chi connectivity index (χ3v) is 3.19. The predicted molar refractivity (Wildman–Crippen MR) is 77.2 cm³/mol. The molecular formula is C16H19FN2. The predicted octanol–water partition coefficient (Wildman–Crippen LogP) is 3.35. The normalized spacial score (nSPS) is 10.9. The molecule has 0 aliphatic carbocycles. The molecule has 0 saturated carbocycles. The van der Waals surface area contributed by atoms with Crippen molar-refractivity contribution in [3.8, 4) is 0 Å². The van der Waals surface area contributed by atoms with Crippen LogP contribution in [0, 0.1) is 12.7 Å². The van der Waals surface area contributed by atoms with Crippen molar-refractivity contribution in [2.75, 3.05) is 12.8 Å². The highest BCUT2D eigenvalue weighted by Crippen LogP contribution is 2.16. The smallest absolute Gasteiger partial charge is 0.127 e. The van der Waals surface area contributed by atoms with Crippen LogP contribution in [-0.4, -0.2) is 11.9 Å².